The first-order valence-electron chi connectivity index (χ1n) is 6.46. The third-order valence-electron chi connectivity index (χ3n) is 3.85. The molecule has 1 saturated heterocycles. The van der Waals surface area contributed by atoms with Gasteiger partial charge in [-0.3, -0.25) is 4.79 Å². The second-order valence-corrected chi connectivity index (χ2v) is 4.95. The zero-order valence-corrected chi connectivity index (χ0v) is 10.2. The van der Waals surface area contributed by atoms with Crippen molar-refractivity contribution in [2.45, 2.75) is 31.7 Å². The average molecular weight is 225 g/mol. The van der Waals surface area contributed by atoms with Crippen LogP contribution in [0.4, 0.5) is 0 Å². The fraction of sp³-hybridized carbons (Fsp3) is 0.917. The summed E-state index contributed by atoms with van der Waals surface area (Å²) in [5.74, 6) is 0.327. The Labute approximate surface area is 98.0 Å². The van der Waals surface area contributed by atoms with Gasteiger partial charge in [-0.15, -0.1) is 0 Å². The number of nitrogens with one attached hydrogen (secondary N) is 1. The predicted molar refractivity (Wildman–Crippen MR) is 64.3 cm³/mol. The van der Waals surface area contributed by atoms with Gasteiger partial charge in [-0.25, -0.2) is 0 Å². The number of rotatable bonds is 4. The molecule has 0 aromatic heterocycles. The number of amides is 1. The van der Waals surface area contributed by atoms with E-state index in [1.54, 1.807) is 0 Å². The molecule has 1 amide bonds. The summed E-state index contributed by atoms with van der Waals surface area (Å²) in [4.78, 5) is 16.2. The minimum absolute atomic E-state index is 0.327. The summed E-state index contributed by atoms with van der Waals surface area (Å²) in [5.41, 5.74) is 0. The second-order valence-electron chi connectivity index (χ2n) is 4.95. The molecule has 1 heterocycles. The molecule has 0 unspecified atom stereocenters. The van der Waals surface area contributed by atoms with Crippen molar-refractivity contribution in [2.24, 2.45) is 0 Å². The van der Waals surface area contributed by atoms with Crippen LogP contribution in [0.15, 0.2) is 0 Å². The monoisotopic (exact) mass is 225 g/mol. The molecule has 2 rings (SSSR count). The third-order valence-corrected chi connectivity index (χ3v) is 3.85. The van der Waals surface area contributed by atoms with Gasteiger partial charge in [0.15, 0.2) is 0 Å². The lowest BCUT2D eigenvalue weighted by Gasteiger charge is -2.35. The van der Waals surface area contributed by atoms with Crippen molar-refractivity contribution in [3.63, 3.8) is 0 Å². The van der Waals surface area contributed by atoms with Gasteiger partial charge in [0.1, 0.15) is 0 Å². The van der Waals surface area contributed by atoms with E-state index < -0.39 is 0 Å². The lowest BCUT2D eigenvalue weighted by atomic mass is 9.92. The van der Waals surface area contributed by atoms with Crippen molar-refractivity contribution >= 4 is 5.91 Å². The Morgan fingerprint density at radius 2 is 2.06 bits per heavy atom. The van der Waals surface area contributed by atoms with Gasteiger partial charge in [-0.05, 0) is 19.9 Å². The van der Waals surface area contributed by atoms with Crippen LogP contribution in [0.3, 0.4) is 0 Å². The van der Waals surface area contributed by atoms with Crippen LogP contribution in [0.1, 0.15) is 25.7 Å². The van der Waals surface area contributed by atoms with Crippen LogP contribution in [0.5, 0.6) is 0 Å². The van der Waals surface area contributed by atoms with E-state index in [-0.39, 0.29) is 0 Å². The molecule has 0 radical (unpaired) electrons. The van der Waals surface area contributed by atoms with Crippen LogP contribution in [0.2, 0.25) is 0 Å². The highest BCUT2D eigenvalue weighted by molar-refractivity contribution is 5.76. The lowest BCUT2D eigenvalue weighted by molar-refractivity contribution is -0.132. The Morgan fingerprint density at radius 3 is 2.62 bits per heavy atom. The molecule has 2 fully saturated rings. The number of hydrogen-bond donors (Lipinski definition) is 1. The van der Waals surface area contributed by atoms with Crippen molar-refractivity contribution in [2.75, 3.05) is 39.8 Å². The van der Waals surface area contributed by atoms with E-state index in [1.165, 1.54) is 19.3 Å². The van der Waals surface area contributed by atoms with Crippen molar-refractivity contribution in [3.8, 4) is 0 Å². The largest absolute Gasteiger partial charge is 0.340 e. The molecule has 1 aliphatic heterocycles. The van der Waals surface area contributed by atoms with Crippen molar-refractivity contribution in [3.05, 3.63) is 0 Å². The number of nitrogens with zero attached hydrogens (tertiary/aromatic N) is 2. The second kappa shape index (κ2) is 5.64. The van der Waals surface area contributed by atoms with Gasteiger partial charge in [-0.1, -0.05) is 6.42 Å². The van der Waals surface area contributed by atoms with Crippen molar-refractivity contribution in [1.29, 1.82) is 0 Å². The highest BCUT2D eigenvalue weighted by Gasteiger charge is 2.23. The Balaban J connectivity index is 1.65. The highest BCUT2D eigenvalue weighted by Crippen LogP contribution is 2.23. The summed E-state index contributed by atoms with van der Waals surface area (Å²) >= 11 is 0. The van der Waals surface area contributed by atoms with E-state index in [0.717, 1.165) is 38.8 Å². The SMILES string of the molecule is CN(CCC(=O)N1CCNCC1)C1CCC1. The maximum Gasteiger partial charge on any atom is 0.223 e. The quantitative estimate of drug-likeness (QED) is 0.747. The topological polar surface area (TPSA) is 35.6 Å². The van der Waals surface area contributed by atoms with Gasteiger partial charge in [0.05, 0.1) is 0 Å². The summed E-state index contributed by atoms with van der Waals surface area (Å²) in [6.45, 7) is 4.58. The number of carbonyl (C=O) groups is 1. The highest BCUT2D eigenvalue weighted by atomic mass is 16.2. The van der Waals surface area contributed by atoms with Gasteiger partial charge in [0, 0.05) is 45.2 Å². The molecule has 16 heavy (non-hydrogen) atoms. The maximum atomic E-state index is 11.9. The first kappa shape index (κ1) is 11.9. The van der Waals surface area contributed by atoms with Crippen molar-refractivity contribution < 1.29 is 4.79 Å². The van der Waals surface area contributed by atoms with Gasteiger partial charge >= 0.3 is 0 Å². The standard InChI is InChI=1S/C12H23N3O/c1-14(11-3-2-4-11)8-5-12(16)15-9-6-13-7-10-15/h11,13H,2-10H2,1H3. The van der Waals surface area contributed by atoms with E-state index in [4.69, 9.17) is 0 Å². The van der Waals surface area contributed by atoms with Gasteiger partial charge in [-0.2, -0.15) is 0 Å². The normalized spacial score (nSPS) is 22.2. The Kier molecular flexibility index (Phi) is 4.18. The van der Waals surface area contributed by atoms with Crippen LogP contribution in [-0.2, 0) is 4.79 Å². The van der Waals surface area contributed by atoms with Gasteiger partial charge in [0.2, 0.25) is 5.91 Å². The number of hydrogen-bond acceptors (Lipinski definition) is 3. The maximum absolute atomic E-state index is 11.9. The Morgan fingerprint density at radius 1 is 1.38 bits per heavy atom. The molecule has 1 N–H and O–H groups in total. The summed E-state index contributed by atoms with van der Waals surface area (Å²) in [6.07, 6.45) is 4.68. The van der Waals surface area contributed by atoms with Crippen LogP contribution in [0, 0.1) is 0 Å². The summed E-state index contributed by atoms with van der Waals surface area (Å²) in [6, 6.07) is 0.746. The van der Waals surface area contributed by atoms with Gasteiger partial charge < -0.3 is 15.1 Å². The summed E-state index contributed by atoms with van der Waals surface area (Å²) < 4.78 is 0. The smallest absolute Gasteiger partial charge is 0.223 e. The fourth-order valence-electron chi connectivity index (χ4n) is 2.35. The molecule has 0 spiro atoms. The molecule has 2 aliphatic rings. The first-order valence-corrected chi connectivity index (χ1v) is 6.46. The Hall–Kier alpha value is -0.610. The zero-order valence-electron chi connectivity index (χ0n) is 10.2. The molecular formula is C12H23N3O. The summed E-state index contributed by atoms with van der Waals surface area (Å²) in [5, 5.41) is 3.27. The van der Waals surface area contributed by atoms with E-state index >= 15 is 0 Å². The Bertz CT molecular complexity index is 234. The van der Waals surface area contributed by atoms with Crippen molar-refractivity contribution in [1.82, 2.24) is 15.1 Å². The molecule has 1 saturated carbocycles. The first-order chi connectivity index (χ1) is 7.77. The molecule has 0 bridgehead atoms. The van der Waals surface area contributed by atoms with Crippen LogP contribution in [0.25, 0.3) is 0 Å². The number of carbonyl (C=O) groups excluding carboxylic acids is 1. The zero-order chi connectivity index (χ0) is 11.4. The minimum Gasteiger partial charge on any atom is -0.340 e. The van der Waals surface area contributed by atoms with Crippen LogP contribution in [-0.4, -0.2) is 61.5 Å². The fourth-order valence-corrected chi connectivity index (χ4v) is 2.35. The summed E-state index contributed by atoms with van der Waals surface area (Å²) in [7, 11) is 2.15. The lowest BCUT2D eigenvalue weighted by Crippen LogP contribution is -2.47. The predicted octanol–water partition coefficient (Wildman–Crippen LogP) is 0.293. The minimum atomic E-state index is 0.327. The molecule has 0 aromatic rings. The molecule has 0 aromatic carbocycles. The molecule has 4 nitrogen and oxygen atoms in total. The van der Waals surface area contributed by atoms with Crippen LogP contribution >= 0.6 is 0 Å². The van der Waals surface area contributed by atoms with Crippen LogP contribution < -0.4 is 5.32 Å². The van der Waals surface area contributed by atoms with E-state index in [0.29, 0.717) is 12.3 Å². The number of piperazine rings is 1. The molecule has 1 aliphatic carbocycles. The molecule has 92 valence electrons. The molecular weight excluding hydrogens is 202 g/mol. The van der Waals surface area contributed by atoms with E-state index in [2.05, 4.69) is 17.3 Å². The van der Waals surface area contributed by atoms with E-state index in [1.807, 2.05) is 4.90 Å². The molecule has 0 atom stereocenters. The van der Waals surface area contributed by atoms with E-state index in [9.17, 15) is 4.79 Å². The average Bonchev–Trinajstić information content (AvgIpc) is 2.25. The van der Waals surface area contributed by atoms with Gasteiger partial charge in [0.25, 0.3) is 0 Å². The third kappa shape index (κ3) is 2.95. The molecule has 4 heteroatoms.